The molecule has 2 aromatic rings. The Kier molecular flexibility index (Phi) is 5.65. The molecule has 0 aliphatic carbocycles. The van der Waals surface area contributed by atoms with Crippen LogP contribution in [0, 0.1) is 0 Å². The van der Waals surface area contributed by atoms with Gasteiger partial charge < -0.3 is 15.1 Å². The average molecular weight is 342 g/mol. The van der Waals surface area contributed by atoms with Crippen molar-refractivity contribution >= 4 is 11.7 Å². The summed E-state index contributed by atoms with van der Waals surface area (Å²) in [5.74, 6) is 0.958. The van der Waals surface area contributed by atoms with Crippen LogP contribution in [-0.4, -0.2) is 58.3 Å². The van der Waals surface area contributed by atoms with E-state index in [0.29, 0.717) is 6.54 Å². The van der Waals surface area contributed by atoms with Crippen LogP contribution in [0.3, 0.4) is 0 Å². The van der Waals surface area contributed by atoms with Gasteiger partial charge in [-0.05, 0) is 31.2 Å². The van der Waals surface area contributed by atoms with Gasteiger partial charge in [0.05, 0.1) is 0 Å². The van der Waals surface area contributed by atoms with Crippen LogP contribution in [0.1, 0.15) is 25.5 Å². The quantitative estimate of drug-likeness (QED) is 0.857. The van der Waals surface area contributed by atoms with E-state index in [0.717, 1.165) is 44.1 Å². The molecule has 7 nitrogen and oxygen atoms in total. The monoisotopic (exact) mass is 342 g/mol. The molecule has 1 aliphatic heterocycles. The van der Waals surface area contributed by atoms with Crippen molar-refractivity contribution in [3.63, 3.8) is 0 Å². The Morgan fingerprint density at radius 1 is 1.28 bits per heavy atom. The Labute approximate surface area is 148 Å². The molecule has 0 spiro atoms. The van der Waals surface area contributed by atoms with Gasteiger partial charge in [0.25, 0.3) is 0 Å². The lowest BCUT2D eigenvalue weighted by Crippen LogP contribution is -2.46. The zero-order valence-electron chi connectivity index (χ0n) is 14.9. The summed E-state index contributed by atoms with van der Waals surface area (Å²) >= 11 is 0. The van der Waals surface area contributed by atoms with Crippen molar-refractivity contribution in [1.82, 2.24) is 25.0 Å². The van der Waals surface area contributed by atoms with E-state index in [4.69, 9.17) is 0 Å². The van der Waals surface area contributed by atoms with Crippen LogP contribution in [-0.2, 0) is 11.3 Å². The minimum Gasteiger partial charge on any atom is -0.354 e. The second kappa shape index (κ2) is 8.11. The third-order valence-corrected chi connectivity index (χ3v) is 4.72. The standard InChI is InChI=1S/C18H26N6O/c1-3-22-9-11-23(12-10-22)17-6-5-16(13-19-17)14-20-18(25)15(2)24-8-4-7-21-24/h4-8,13,15H,3,9-12,14H2,1-2H3,(H,20,25)/t15-/m0/s1. The van der Waals surface area contributed by atoms with Crippen molar-refractivity contribution in [3.05, 3.63) is 42.4 Å². The van der Waals surface area contributed by atoms with E-state index >= 15 is 0 Å². The van der Waals surface area contributed by atoms with Crippen LogP contribution in [0.25, 0.3) is 0 Å². The fourth-order valence-electron chi connectivity index (χ4n) is 2.97. The SMILES string of the molecule is CCN1CCN(c2ccc(CNC(=O)[C@H](C)n3cccn3)cn2)CC1. The van der Waals surface area contributed by atoms with Crippen molar-refractivity contribution in [3.8, 4) is 0 Å². The molecular formula is C18H26N6O. The van der Waals surface area contributed by atoms with Gasteiger partial charge in [0.2, 0.25) is 5.91 Å². The van der Waals surface area contributed by atoms with E-state index in [-0.39, 0.29) is 11.9 Å². The van der Waals surface area contributed by atoms with Crippen molar-refractivity contribution in [2.75, 3.05) is 37.6 Å². The summed E-state index contributed by atoms with van der Waals surface area (Å²) in [4.78, 5) is 21.5. The van der Waals surface area contributed by atoms with Gasteiger partial charge in [0, 0.05) is 51.3 Å². The molecule has 25 heavy (non-hydrogen) atoms. The van der Waals surface area contributed by atoms with Gasteiger partial charge in [-0.1, -0.05) is 13.0 Å². The molecule has 3 rings (SSSR count). The molecule has 0 radical (unpaired) electrons. The number of hydrogen-bond donors (Lipinski definition) is 1. The molecule has 3 heterocycles. The van der Waals surface area contributed by atoms with Crippen LogP contribution in [0.5, 0.6) is 0 Å². The Bertz CT molecular complexity index is 661. The normalized spacial score (nSPS) is 16.6. The van der Waals surface area contributed by atoms with Crippen molar-refractivity contribution in [2.24, 2.45) is 0 Å². The van der Waals surface area contributed by atoms with Gasteiger partial charge >= 0.3 is 0 Å². The Morgan fingerprint density at radius 3 is 2.68 bits per heavy atom. The van der Waals surface area contributed by atoms with E-state index < -0.39 is 0 Å². The molecule has 1 atom stereocenters. The van der Waals surface area contributed by atoms with Crippen molar-refractivity contribution in [2.45, 2.75) is 26.4 Å². The maximum absolute atomic E-state index is 12.2. The van der Waals surface area contributed by atoms with Gasteiger partial charge in [-0.3, -0.25) is 9.48 Å². The predicted octanol–water partition coefficient (Wildman–Crippen LogP) is 1.30. The highest BCUT2D eigenvalue weighted by Gasteiger charge is 2.17. The zero-order chi connectivity index (χ0) is 17.6. The van der Waals surface area contributed by atoms with Gasteiger partial charge in [-0.2, -0.15) is 5.10 Å². The van der Waals surface area contributed by atoms with E-state index in [1.807, 2.05) is 31.3 Å². The fourth-order valence-corrected chi connectivity index (χ4v) is 2.97. The third kappa shape index (κ3) is 4.36. The molecule has 0 bridgehead atoms. The Morgan fingerprint density at radius 2 is 2.08 bits per heavy atom. The van der Waals surface area contributed by atoms with E-state index in [9.17, 15) is 4.79 Å². The van der Waals surface area contributed by atoms with Crippen LogP contribution >= 0.6 is 0 Å². The smallest absolute Gasteiger partial charge is 0.244 e. The third-order valence-electron chi connectivity index (χ3n) is 4.72. The average Bonchev–Trinajstić information content (AvgIpc) is 3.21. The lowest BCUT2D eigenvalue weighted by Gasteiger charge is -2.34. The van der Waals surface area contributed by atoms with Gasteiger partial charge in [0.1, 0.15) is 11.9 Å². The first-order chi connectivity index (χ1) is 12.2. The maximum atomic E-state index is 12.2. The van der Waals surface area contributed by atoms with Gasteiger partial charge in [-0.25, -0.2) is 4.98 Å². The highest BCUT2D eigenvalue weighted by Crippen LogP contribution is 2.14. The summed E-state index contributed by atoms with van der Waals surface area (Å²) in [6.45, 7) is 9.81. The minimum atomic E-state index is -0.322. The van der Waals surface area contributed by atoms with Gasteiger partial charge in [0.15, 0.2) is 0 Å². The summed E-state index contributed by atoms with van der Waals surface area (Å²) < 4.78 is 1.65. The summed E-state index contributed by atoms with van der Waals surface area (Å²) in [5.41, 5.74) is 0.997. The number of hydrogen-bond acceptors (Lipinski definition) is 5. The lowest BCUT2D eigenvalue weighted by atomic mass is 10.2. The number of nitrogens with zero attached hydrogens (tertiary/aromatic N) is 5. The fraction of sp³-hybridized carbons (Fsp3) is 0.500. The molecule has 0 aromatic carbocycles. The molecule has 1 saturated heterocycles. The number of rotatable bonds is 6. The van der Waals surface area contributed by atoms with Crippen molar-refractivity contribution in [1.29, 1.82) is 0 Å². The predicted molar refractivity (Wildman–Crippen MR) is 97.3 cm³/mol. The number of carbonyl (C=O) groups is 1. The van der Waals surface area contributed by atoms with E-state index in [2.05, 4.69) is 32.1 Å². The number of likely N-dealkylation sites (N-methyl/N-ethyl adjacent to an activating group) is 1. The Hall–Kier alpha value is -2.41. The van der Waals surface area contributed by atoms with Crippen LogP contribution in [0.15, 0.2) is 36.8 Å². The molecular weight excluding hydrogens is 316 g/mol. The second-order valence-electron chi connectivity index (χ2n) is 6.33. The summed E-state index contributed by atoms with van der Waals surface area (Å²) in [6.07, 6.45) is 5.31. The molecule has 2 aromatic heterocycles. The number of aromatic nitrogens is 3. The Balaban J connectivity index is 1.50. The topological polar surface area (TPSA) is 66.3 Å². The second-order valence-corrected chi connectivity index (χ2v) is 6.33. The molecule has 134 valence electrons. The first kappa shape index (κ1) is 17.4. The first-order valence-corrected chi connectivity index (χ1v) is 8.86. The molecule has 0 unspecified atom stereocenters. The number of amides is 1. The summed E-state index contributed by atoms with van der Waals surface area (Å²) in [5, 5.41) is 7.04. The van der Waals surface area contributed by atoms with Crippen molar-refractivity contribution < 1.29 is 4.79 Å². The molecule has 0 saturated carbocycles. The highest BCUT2D eigenvalue weighted by molar-refractivity contribution is 5.79. The minimum absolute atomic E-state index is 0.0523. The van der Waals surface area contributed by atoms with Crippen LogP contribution in [0.4, 0.5) is 5.82 Å². The largest absolute Gasteiger partial charge is 0.354 e. The first-order valence-electron chi connectivity index (χ1n) is 8.86. The maximum Gasteiger partial charge on any atom is 0.244 e. The lowest BCUT2D eigenvalue weighted by molar-refractivity contribution is -0.124. The van der Waals surface area contributed by atoms with Crippen LogP contribution < -0.4 is 10.2 Å². The number of anilines is 1. The molecule has 7 heteroatoms. The van der Waals surface area contributed by atoms with Gasteiger partial charge in [-0.15, -0.1) is 0 Å². The number of pyridine rings is 1. The molecule has 1 aliphatic rings. The summed E-state index contributed by atoms with van der Waals surface area (Å²) in [6, 6.07) is 5.57. The summed E-state index contributed by atoms with van der Waals surface area (Å²) in [7, 11) is 0. The zero-order valence-corrected chi connectivity index (χ0v) is 14.9. The van der Waals surface area contributed by atoms with E-state index in [1.54, 1.807) is 17.1 Å². The number of nitrogens with one attached hydrogen (secondary N) is 1. The van der Waals surface area contributed by atoms with E-state index in [1.165, 1.54) is 0 Å². The number of piperazine rings is 1. The molecule has 1 N–H and O–H groups in total. The van der Waals surface area contributed by atoms with Crippen LogP contribution in [0.2, 0.25) is 0 Å². The molecule has 1 amide bonds. The highest BCUT2D eigenvalue weighted by atomic mass is 16.2. The molecule has 1 fully saturated rings. The number of carbonyl (C=O) groups excluding carboxylic acids is 1.